The van der Waals surface area contributed by atoms with Gasteiger partial charge in [-0.1, -0.05) is 65.7 Å². The number of ether oxygens (including phenoxy) is 2. The Morgan fingerprint density at radius 2 is 1.52 bits per heavy atom. The van der Waals surface area contributed by atoms with E-state index in [2.05, 4.69) is 54.7 Å². The van der Waals surface area contributed by atoms with E-state index in [1.54, 1.807) is 24.3 Å². The van der Waals surface area contributed by atoms with Gasteiger partial charge in [0.05, 0.1) is 5.02 Å². The van der Waals surface area contributed by atoms with Gasteiger partial charge < -0.3 is 24.7 Å². The summed E-state index contributed by atoms with van der Waals surface area (Å²) in [7, 11) is 0. The number of aryl methyl sites for hydroxylation is 1. The van der Waals surface area contributed by atoms with Crippen LogP contribution in [0, 0.1) is 11.6 Å². The summed E-state index contributed by atoms with van der Waals surface area (Å²) >= 11 is 12.6. The summed E-state index contributed by atoms with van der Waals surface area (Å²) in [6.07, 6.45) is 4.17. The second-order valence-corrected chi connectivity index (χ2v) is 17.3. The van der Waals surface area contributed by atoms with E-state index >= 15 is 0 Å². The highest BCUT2D eigenvalue weighted by molar-refractivity contribution is 6.32. The average Bonchev–Trinajstić information content (AvgIpc) is 3.68. The zero-order valence-corrected chi connectivity index (χ0v) is 36.9. The number of hydrogen-bond acceptors (Lipinski definition) is 7. The maximum Gasteiger partial charge on any atom is 0.240 e. The van der Waals surface area contributed by atoms with Gasteiger partial charge in [-0.15, -0.1) is 0 Å². The van der Waals surface area contributed by atoms with Crippen LogP contribution in [0.1, 0.15) is 36.0 Å². The van der Waals surface area contributed by atoms with Crippen molar-refractivity contribution in [3.63, 3.8) is 0 Å². The monoisotopic (exact) mass is 894 g/mol. The lowest BCUT2D eigenvalue weighted by Crippen LogP contribution is -2.61. The maximum atomic E-state index is 14.7. The minimum atomic E-state index is -0.730. The van der Waals surface area contributed by atoms with E-state index in [9.17, 15) is 13.6 Å². The van der Waals surface area contributed by atoms with Crippen molar-refractivity contribution in [2.45, 2.75) is 51.0 Å². The van der Waals surface area contributed by atoms with Crippen molar-refractivity contribution >= 4 is 40.0 Å². The van der Waals surface area contributed by atoms with Crippen molar-refractivity contribution in [1.82, 2.24) is 30.3 Å². The molecule has 5 aromatic carbocycles. The van der Waals surface area contributed by atoms with E-state index in [1.165, 1.54) is 23.8 Å². The first kappa shape index (κ1) is 44.6. The van der Waals surface area contributed by atoms with E-state index < -0.39 is 5.54 Å². The molecule has 2 aliphatic rings. The number of piperazine rings is 1. The second-order valence-electron chi connectivity index (χ2n) is 16.5. The van der Waals surface area contributed by atoms with Gasteiger partial charge in [-0.05, 0) is 121 Å². The van der Waals surface area contributed by atoms with Crippen LogP contribution < -0.4 is 25.4 Å². The highest BCUT2D eigenvalue weighted by atomic mass is 35.5. The van der Waals surface area contributed by atoms with Crippen LogP contribution in [0.4, 0.5) is 8.78 Å². The van der Waals surface area contributed by atoms with Crippen molar-refractivity contribution < 1.29 is 23.0 Å². The summed E-state index contributed by atoms with van der Waals surface area (Å²) in [6, 6.07) is 32.6. The standard InChI is InChI=1S/C50H54Cl2F2N6O3/c51-40-11-15-43(16-12-40)62-29-28-58-24-26-59(27-25-58)33-39-5-2-7-46-48(39)44(38-4-1-6-42(54)31-38)34-60(46)23-3-20-56-49(61)50(18-21-55-22-19-50)57-32-37-10-17-47(45(52)30-37)63-35-36-8-13-41(53)14-9-36/h1-2,4-17,30-31,34,55,57H,3,18-29,32-33,35H2,(H,56,61). The van der Waals surface area contributed by atoms with Crippen molar-refractivity contribution in [2.75, 3.05) is 59.0 Å². The summed E-state index contributed by atoms with van der Waals surface area (Å²) in [6.45, 7) is 9.43. The quantitative estimate of drug-likeness (QED) is 0.0744. The molecule has 0 radical (unpaired) electrons. The highest BCUT2D eigenvalue weighted by Crippen LogP contribution is 2.35. The number of carbonyl (C=O) groups excluding carboxylic acids is 1. The number of nitrogens with one attached hydrogen (secondary N) is 3. The zero-order valence-electron chi connectivity index (χ0n) is 35.4. The first-order valence-corrected chi connectivity index (χ1v) is 22.6. The average molecular weight is 896 g/mol. The molecule has 0 bridgehead atoms. The van der Waals surface area contributed by atoms with Gasteiger partial charge in [0.25, 0.3) is 0 Å². The van der Waals surface area contributed by atoms with Crippen molar-refractivity contribution in [3.8, 4) is 22.6 Å². The Labute approximate surface area is 378 Å². The normalized spacial score (nSPS) is 15.7. The molecule has 1 amide bonds. The topological polar surface area (TPSA) is 83.0 Å². The third kappa shape index (κ3) is 11.6. The molecule has 2 aliphatic heterocycles. The van der Waals surface area contributed by atoms with Crippen LogP contribution in [0.2, 0.25) is 10.0 Å². The summed E-state index contributed by atoms with van der Waals surface area (Å²) in [4.78, 5) is 18.9. The number of carbonyl (C=O) groups is 1. The van der Waals surface area contributed by atoms with Gasteiger partial charge in [-0.25, -0.2) is 8.78 Å². The smallest absolute Gasteiger partial charge is 0.240 e. The molecule has 0 atom stereocenters. The van der Waals surface area contributed by atoms with E-state index in [1.807, 2.05) is 48.5 Å². The van der Waals surface area contributed by atoms with Crippen LogP contribution in [0.5, 0.6) is 11.5 Å². The number of rotatable bonds is 18. The zero-order chi connectivity index (χ0) is 43.6. The minimum Gasteiger partial charge on any atom is -0.492 e. The Bertz CT molecular complexity index is 2450. The predicted octanol–water partition coefficient (Wildman–Crippen LogP) is 9.09. The van der Waals surface area contributed by atoms with Crippen LogP contribution in [-0.4, -0.2) is 84.8 Å². The van der Waals surface area contributed by atoms with E-state index in [4.69, 9.17) is 32.7 Å². The lowest BCUT2D eigenvalue weighted by Gasteiger charge is -2.37. The van der Waals surface area contributed by atoms with E-state index in [0.717, 1.165) is 97.7 Å². The molecule has 9 nitrogen and oxygen atoms in total. The second kappa shape index (κ2) is 21.1. The van der Waals surface area contributed by atoms with E-state index in [0.29, 0.717) is 54.9 Å². The number of amides is 1. The molecule has 0 saturated carbocycles. The molecule has 63 heavy (non-hydrogen) atoms. The van der Waals surface area contributed by atoms with Crippen molar-refractivity contribution in [1.29, 1.82) is 0 Å². The van der Waals surface area contributed by atoms with Gasteiger partial charge in [0.2, 0.25) is 5.91 Å². The van der Waals surface area contributed by atoms with Crippen molar-refractivity contribution in [2.24, 2.45) is 0 Å². The van der Waals surface area contributed by atoms with Gasteiger partial charge in [-0.3, -0.25) is 19.9 Å². The van der Waals surface area contributed by atoms with Crippen LogP contribution >= 0.6 is 23.2 Å². The lowest BCUT2D eigenvalue weighted by atomic mass is 9.87. The Morgan fingerprint density at radius 1 is 0.778 bits per heavy atom. The van der Waals surface area contributed by atoms with Crippen LogP contribution in [0.3, 0.4) is 0 Å². The molecule has 3 heterocycles. The lowest BCUT2D eigenvalue weighted by molar-refractivity contribution is -0.128. The summed E-state index contributed by atoms with van der Waals surface area (Å²) in [5.41, 5.74) is 5.21. The fourth-order valence-corrected chi connectivity index (χ4v) is 8.98. The number of hydrogen-bond donors (Lipinski definition) is 3. The number of piperidine rings is 1. The predicted molar refractivity (Wildman–Crippen MR) is 247 cm³/mol. The molecule has 0 spiro atoms. The third-order valence-electron chi connectivity index (χ3n) is 12.2. The molecule has 3 N–H and O–H groups in total. The number of halogens is 4. The fraction of sp³-hybridized carbons (Fsp3) is 0.340. The molecular formula is C50H54Cl2F2N6O3. The molecule has 2 fully saturated rings. The largest absolute Gasteiger partial charge is 0.492 e. The summed E-state index contributed by atoms with van der Waals surface area (Å²) in [5, 5.41) is 12.5. The first-order valence-electron chi connectivity index (χ1n) is 21.8. The molecule has 8 rings (SSSR count). The van der Waals surface area contributed by atoms with Gasteiger partial charge in [0.15, 0.2) is 0 Å². The fourth-order valence-electron chi connectivity index (χ4n) is 8.60. The molecular weight excluding hydrogens is 841 g/mol. The van der Waals surface area contributed by atoms with Gasteiger partial charge in [0, 0.05) is 86.6 Å². The number of nitrogens with zero attached hydrogens (tertiary/aromatic N) is 3. The molecule has 1 aromatic heterocycles. The number of benzene rings is 5. The number of aromatic nitrogens is 1. The summed E-state index contributed by atoms with van der Waals surface area (Å²) in [5.74, 6) is 0.793. The first-order chi connectivity index (χ1) is 30.7. The van der Waals surface area contributed by atoms with E-state index in [-0.39, 0.29) is 24.1 Å². The van der Waals surface area contributed by atoms with Gasteiger partial charge in [0.1, 0.15) is 41.9 Å². The Hall–Kier alpha value is -5.01. The molecule has 6 aromatic rings. The van der Waals surface area contributed by atoms with Crippen molar-refractivity contribution in [3.05, 3.63) is 154 Å². The van der Waals surface area contributed by atoms with Crippen LogP contribution in [-0.2, 0) is 31.0 Å². The molecule has 330 valence electrons. The van der Waals surface area contributed by atoms with Crippen LogP contribution in [0.15, 0.2) is 115 Å². The Kier molecular flexibility index (Phi) is 14.9. The highest BCUT2D eigenvalue weighted by Gasteiger charge is 2.39. The number of fused-ring (bicyclic) bond motifs is 1. The maximum absolute atomic E-state index is 14.7. The summed E-state index contributed by atoms with van der Waals surface area (Å²) < 4.78 is 42.1. The van der Waals surface area contributed by atoms with Gasteiger partial charge >= 0.3 is 0 Å². The SMILES string of the molecule is O=C(NCCCn1cc(-c2cccc(F)c2)c2c(CN3CCN(CCOc4ccc(Cl)cc4)CC3)cccc21)C1(NCc2ccc(OCc3ccc(F)cc3)c(Cl)c2)CCNCC1. The molecule has 0 aliphatic carbocycles. The Morgan fingerprint density at radius 3 is 2.29 bits per heavy atom. The Balaban J connectivity index is 0.877. The molecule has 0 unspecified atom stereocenters. The minimum absolute atomic E-state index is 0.0105. The molecule has 2 saturated heterocycles. The van der Waals surface area contributed by atoms with Crippen LogP contribution in [0.25, 0.3) is 22.0 Å². The molecule has 13 heteroatoms. The van der Waals surface area contributed by atoms with Gasteiger partial charge in [-0.2, -0.15) is 0 Å². The third-order valence-corrected chi connectivity index (χ3v) is 12.7.